The smallest absolute Gasteiger partial charge is 0.0300 e. The largest absolute Gasteiger partial charge is 0.315 e. The lowest BCUT2D eigenvalue weighted by Gasteiger charge is -2.41. The van der Waals surface area contributed by atoms with Gasteiger partial charge in [-0.15, -0.1) is 0 Å². The maximum Gasteiger partial charge on any atom is 0.0300 e. The van der Waals surface area contributed by atoms with Crippen LogP contribution in [0.25, 0.3) is 0 Å². The first-order valence-corrected chi connectivity index (χ1v) is 6.24. The van der Waals surface area contributed by atoms with E-state index in [2.05, 4.69) is 59.1 Å². The van der Waals surface area contributed by atoms with Gasteiger partial charge in [-0.05, 0) is 47.3 Å². The molecule has 0 fully saturated rings. The van der Waals surface area contributed by atoms with Crippen LogP contribution < -0.4 is 5.32 Å². The van der Waals surface area contributed by atoms with Crippen LogP contribution >= 0.6 is 0 Å². The Balaban J connectivity index is 4.47. The SMILES string of the molecule is CCC(CC)CC(NC)C(C)(C)N(C)C. The average Bonchev–Trinajstić information content (AvgIpc) is 2.19. The molecule has 0 aromatic carbocycles. The van der Waals surface area contributed by atoms with E-state index in [4.69, 9.17) is 0 Å². The van der Waals surface area contributed by atoms with Gasteiger partial charge in [0.2, 0.25) is 0 Å². The van der Waals surface area contributed by atoms with Gasteiger partial charge in [0.25, 0.3) is 0 Å². The zero-order chi connectivity index (χ0) is 12.1. The quantitative estimate of drug-likeness (QED) is 0.701. The molecule has 0 aromatic rings. The lowest BCUT2D eigenvalue weighted by molar-refractivity contribution is 0.124. The zero-order valence-electron chi connectivity index (χ0n) is 11.7. The fraction of sp³-hybridized carbons (Fsp3) is 1.00. The second-order valence-electron chi connectivity index (χ2n) is 5.31. The summed E-state index contributed by atoms with van der Waals surface area (Å²) in [6, 6.07) is 0.567. The van der Waals surface area contributed by atoms with Gasteiger partial charge in [0, 0.05) is 11.6 Å². The van der Waals surface area contributed by atoms with Gasteiger partial charge in [-0.3, -0.25) is 0 Å². The maximum atomic E-state index is 3.48. The van der Waals surface area contributed by atoms with E-state index in [1.807, 2.05) is 0 Å². The molecule has 0 saturated carbocycles. The molecule has 1 unspecified atom stereocenters. The monoisotopic (exact) mass is 214 g/mol. The van der Waals surface area contributed by atoms with Crippen molar-refractivity contribution in [2.75, 3.05) is 21.1 Å². The minimum absolute atomic E-state index is 0.220. The third kappa shape index (κ3) is 4.12. The lowest BCUT2D eigenvalue weighted by atomic mass is 9.84. The van der Waals surface area contributed by atoms with Crippen molar-refractivity contribution in [3.05, 3.63) is 0 Å². The first kappa shape index (κ1) is 14.9. The highest BCUT2D eigenvalue weighted by Gasteiger charge is 2.31. The van der Waals surface area contributed by atoms with Crippen LogP contribution in [0, 0.1) is 5.92 Å². The van der Waals surface area contributed by atoms with Gasteiger partial charge in [-0.1, -0.05) is 26.7 Å². The van der Waals surface area contributed by atoms with E-state index in [0.29, 0.717) is 6.04 Å². The highest BCUT2D eigenvalue weighted by Crippen LogP contribution is 2.24. The molecule has 0 radical (unpaired) electrons. The molecule has 0 amide bonds. The lowest BCUT2D eigenvalue weighted by Crippen LogP contribution is -2.54. The van der Waals surface area contributed by atoms with E-state index in [1.165, 1.54) is 19.3 Å². The Labute approximate surface area is 96.4 Å². The van der Waals surface area contributed by atoms with Gasteiger partial charge in [0.15, 0.2) is 0 Å². The molecule has 0 aliphatic carbocycles. The molecular formula is C13H30N2. The van der Waals surface area contributed by atoms with Crippen molar-refractivity contribution in [2.24, 2.45) is 5.92 Å². The molecule has 15 heavy (non-hydrogen) atoms. The summed E-state index contributed by atoms with van der Waals surface area (Å²) in [5.74, 6) is 0.849. The predicted molar refractivity (Wildman–Crippen MR) is 69.3 cm³/mol. The van der Waals surface area contributed by atoms with E-state index >= 15 is 0 Å². The Morgan fingerprint density at radius 3 is 1.87 bits per heavy atom. The Kier molecular flexibility index (Phi) is 6.46. The van der Waals surface area contributed by atoms with Crippen LogP contribution in [0.5, 0.6) is 0 Å². The number of hydrogen-bond acceptors (Lipinski definition) is 2. The molecule has 0 aromatic heterocycles. The van der Waals surface area contributed by atoms with Crippen LogP contribution in [-0.4, -0.2) is 37.6 Å². The topological polar surface area (TPSA) is 15.3 Å². The van der Waals surface area contributed by atoms with Gasteiger partial charge in [0.05, 0.1) is 0 Å². The molecule has 0 heterocycles. The molecule has 0 saturated heterocycles. The van der Waals surface area contributed by atoms with Crippen molar-refractivity contribution in [1.29, 1.82) is 0 Å². The van der Waals surface area contributed by atoms with E-state index in [9.17, 15) is 0 Å². The standard InChI is InChI=1S/C13H30N2/c1-8-11(9-2)10-12(14-5)13(3,4)15(6)7/h11-12,14H,8-10H2,1-7H3. The van der Waals surface area contributed by atoms with Crippen molar-refractivity contribution in [3.63, 3.8) is 0 Å². The summed E-state index contributed by atoms with van der Waals surface area (Å²) < 4.78 is 0. The summed E-state index contributed by atoms with van der Waals surface area (Å²) in [5, 5.41) is 3.48. The van der Waals surface area contributed by atoms with Crippen LogP contribution in [0.3, 0.4) is 0 Å². The van der Waals surface area contributed by atoms with Gasteiger partial charge in [-0.25, -0.2) is 0 Å². The minimum atomic E-state index is 0.220. The third-order valence-electron chi connectivity index (χ3n) is 4.08. The summed E-state index contributed by atoms with van der Waals surface area (Å²) in [4.78, 5) is 2.32. The minimum Gasteiger partial charge on any atom is -0.315 e. The molecule has 0 bridgehead atoms. The fourth-order valence-electron chi connectivity index (χ4n) is 2.03. The number of nitrogens with zero attached hydrogens (tertiary/aromatic N) is 1. The highest BCUT2D eigenvalue weighted by atomic mass is 15.2. The molecule has 0 aliphatic heterocycles. The summed E-state index contributed by atoms with van der Waals surface area (Å²) in [6.45, 7) is 9.22. The van der Waals surface area contributed by atoms with Crippen LogP contribution in [0.15, 0.2) is 0 Å². The van der Waals surface area contributed by atoms with E-state index in [-0.39, 0.29) is 5.54 Å². The average molecular weight is 214 g/mol. The number of hydrogen-bond donors (Lipinski definition) is 1. The van der Waals surface area contributed by atoms with Gasteiger partial charge in [-0.2, -0.15) is 0 Å². The van der Waals surface area contributed by atoms with Crippen molar-refractivity contribution in [1.82, 2.24) is 10.2 Å². The summed E-state index contributed by atoms with van der Waals surface area (Å²) in [7, 11) is 6.41. The molecule has 92 valence electrons. The fourth-order valence-corrected chi connectivity index (χ4v) is 2.03. The van der Waals surface area contributed by atoms with E-state index in [1.54, 1.807) is 0 Å². The second-order valence-corrected chi connectivity index (χ2v) is 5.31. The van der Waals surface area contributed by atoms with Crippen LogP contribution in [0.2, 0.25) is 0 Å². The number of rotatable bonds is 7. The predicted octanol–water partition coefficient (Wildman–Crippen LogP) is 2.74. The van der Waals surface area contributed by atoms with E-state index in [0.717, 1.165) is 5.92 Å². The Morgan fingerprint density at radius 2 is 1.60 bits per heavy atom. The van der Waals surface area contributed by atoms with Gasteiger partial charge < -0.3 is 10.2 Å². The maximum absolute atomic E-state index is 3.48. The van der Waals surface area contributed by atoms with Crippen LogP contribution in [0.1, 0.15) is 47.0 Å². The van der Waals surface area contributed by atoms with Gasteiger partial charge >= 0.3 is 0 Å². The number of nitrogens with one attached hydrogen (secondary N) is 1. The molecule has 1 N–H and O–H groups in total. The van der Waals surface area contributed by atoms with Crippen LogP contribution in [0.4, 0.5) is 0 Å². The molecule has 2 heteroatoms. The van der Waals surface area contributed by atoms with Crippen molar-refractivity contribution in [2.45, 2.75) is 58.5 Å². The van der Waals surface area contributed by atoms with Gasteiger partial charge in [0.1, 0.15) is 0 Å². The summed E-state index contributed by atoms with van der Waals surface area (Å²) in [6.07, 6.45) is 3.85. The summed E-state index contributed by atoms with van der Waals surface area (Å²) >= 11 is 0. The molecule has 0 rings (SSSR count). The Bertz CT molecular complexity index is 160. The third-order valence-corrected chi connectivity index (χ3v) is 4.08. The molecule has 0 spiro atoms. The first-order chi connectivity index (χ1) is 6.89. The molecule has 1 atom stereocenters. The first-order valence-electron chi connectivity index (χ1n) is 6.24. The van der Waals surface area contributed by atoms with Crippen LogP contribution in [-0.2, 0) is 0 Å². The number of likely N-dealkylation sites (N-methyl/N-ethyl adjacent to an activating group) is 2. The van der Waals surface area contributed by atoms with E-state index < -0.39 is 0 Å². The Morgan fingerprint density at radius 1 is 1.13 bits per heavy atom. The molecule has 0 aliphatic rings. The Hall–Kier alpha value is -0.0800. The van der Waals surface area contributed by atoms with Crippen molar-refractivity contribution >= 4 is 0 Å². The normalized spacial score (nSPS) is 15.0. The van der Waals surface area contributed by atoms with Crippen molar-refractivity contribution < 1.29 is 0 Å². The molecular weight excluding hydrogens is 184 g/mol. The highest BCUT2D eigenvalue weighted by molar-refractivity contribution is 4.91. The summed E-state index contributed by atoms with van der Waals surface area (Å²) in [5.41, 5.74) is 0.220. The van der Waals surface area contributed by atoms with Crippen molar-refractivity contribution in [3.8, 4) is 0 Å². The molecule has 2 nitrogen and oxygen atoms in total. The zero-order valence-corrected chi connectivity index (χ0v) is 11.7. The second kappa shape index (κ2) is 6.49.